The molecule has 2 heterocycles. The van der Waals surface area contributed by atoms with Gasteiger partial charge in [-0.05, 0) is 75.9 Å². The number of benzene rings is 1. The first-order chi connectivity index (χ1) is 14.5. The predicted molar refractivity (Wildman–Crippen MR) is 123 cm³/mol. The molecular weight excluding hydrogens is 394 g/mol. The van der Waals surface area contributed by atoms with E-state index in [4.69, 9.17) is 15.2 Å². The van der Waals surface area contributed by atoms with E-state index in [0.717, 1.165) is 57.5 Å². The Morgan fingerprint density at radius 2 is 1.90 bits per heavy atom. The van der Waals surface area contributed by atoms with Crippen LogP contribution in [0.15, 0.2) is 69.8 Å². The zero-order chi connectivity index (χ0) is 21.3. The summed E-state index contributed by atoms with van der Waals surface area (Å²) in [6.07, 6.45) is 9.16. The zero-order valence-electron chi connectivity index (χ0n) is 17.9. The molecule has 0 aliphatic carbocycles. The molecular formula is C24H29N3O2S. The number of anilines is 1. The number of aromatic nitrogens is 2. The lowest BCUT2D eigenvalue weighted by Gasteiger charge is -2.11. The summed E-state index contributed by atoms with van der Waals surface area (Å²) >= 11 is 1.55. The van der Waals surface area contributed by atoms with Gasteiger partial charge in [0.05, 0.1) is 24.7 Å². The fraction of sp³-hybridized carbons (Fsp3) is 0.333. The SMILES string of the molecule is C\C=C/C(C)=C1\C=C(/C)OCCCCCOc2cccc(c2)Sc2cc1nc(N)n2. The minimum absolute atomic E-state index is 0.248. The predicted octanol–water partition coefficient (Wildman–Crippen LogP) is 6.04. The molecule has 3 rings (SSSR count). The smallest absolute Gasteiger partial charge is 0.221 e. The molecule has 4 bridgehead atoms. The molecule has 158 valence electrons. The number of nitrogen functional groups attached to an aromatic ring is 1. The number of nitrogens with two attached hydrogens (primary N) is 1. The average molecular weight is 424 g/mol. The van der Waals surface area contributed by atoms with Crippen molar-refractivity contribution in [2.75, 3.05) is 18.9 Å². The van der Waals surface area contributed by atoms with Gasteiger partial charge in [0.2, 0.25) is 5.95 Å². The Labute approximate surface area is 183 Å². The van der Waals surface area contributed by atoms with E-state index in [1.54, 1.807) is 11.8 Å². The molecule has 1 aliphatic heterocycles. The van der Waals surface area contributed by atoms with Crippen molar-refractivity contribution in [2.24, 2.45) is 0 Å². The summed E-state index contributed by atoms with van der Waals surface area (Å²) in [4.78, 5) is 9.99. The van der Waals surface area contributed by atoms with Crippen LogP contribution in [0.3, 0.4) is 0 Å². The van der Waals surface area contributed by atoms with Gasteiger partial charge in [-0.3, -0.25) is 0 Å². The zero-order valence-corrected chi connectivity index (χ0v) is 18.7. The number of nitrogens with zero attached hydrogens (tertiary/aromatic N) is 2. The van der Waals surface area contributed by atoms with E-state index in [0.29, 0.717) is 13.2 Å². The van der Waals surface area contributed by atoms with Gasteiger partial charge in [-0.15, -0.1) is 0 Å². The number of rotatable bonds is 1. The van der Waals surface area contributed by atoms with Crippen molar-refractivity contribution in [3.05, 3.63) is 65.6 Å². The summed E-state index contributed by atoms with van der Waals surface area (Å²) in [5, 5.41) is 0.789. The molecule has 0 saturated carbocycles. The van der Waals surface area contributed by atoms with E-state index >= 15 is 0 Å². The van der Waals surface area contributed by atoms with Crippen LogP contribution in [-0.4, -0.2) is 23.2 Å². The highest BCUT2D eigenvalue weighted by Crippen LogP contribution is 2.32. The van der Waals surface area contributed by atoms with Gasteiger partial charge in [0, 0.05) is 10.5 Å². The molecule has 0 radical (unpaired) electrons. The summed E-state index contributed by atoms with van der Waals surface area (Å²) in [5.74, 6) is 1.97. The second kappa shape index (κ2) is 10.9. The number of hydrogen-bond acceptors (Lipinski definition) is 6. The topological polar surface area (TPSA) is 70.3 Å². The summed E-state index contributed by atoms with van der Waals surface area (Å²) in [6.45, 7) is 7.42. The number of ether oxygens (including phenoxy) is 2. The minimum Gasteiger partial charge on any atom is -0.498 e. The molecule has 6 heteroatoms. The number of fused-ring (bicyclic) bond motifs is 4. The third-order valence-corrected chi connectivity index (χ3v) is 5.51. The second-order valence-electron chi connectivity index (χ2n) is 7.14. The molecule has 5 nitrogen and oxygen atoms in total. The summed E-state index contributed by atoms with van der Waals surface area (Å²) in [5.41, 5.74) is 8.91. The molecule has 2 N–H and O–H groups in total. The van der Waals surface area contributed by atoms with Crippen LogP contribution >= 0.6 is 11.8 Å². The van der Waals surface area contributed by atoms with E-state index in [-0.39, 0.29) is 5.95 Å². The highest BCUT2D eigenvalue weighted by atomic mass is 32.2. The summed E-state index contributed by atoms with van der Waals surface area (Å²) in [7, 11) is 0. The maximum Gasteiger partial charge on any atom is 0.221 e. The number of allylic oxidation sites excluding steroid dienone is 6. The van der Waals surface area contributed by atoms with Crippen molar-refractivity contribution >= 4 is 23.3 Å². The Hall–Kier alpha value is -2.73. The normalized spacial score (nSPS) is 19.2. The van der Waals surface area contributed by atoms with Gasteiger partial charge < -0.3 is 15.2 Å². The van der Waals surface area contributed by atoms with Crippen LogP contribution in [0, 0.1) is 0 Å². The molecule has 0 atom stereocenters. The van der Waals surface area contributed by atoms with Crippen LogP contribution in [0.2, 0.25) is 0 Å². The molecule has 0 spiro atoms. The summed E-state index contributed by atoms with van der Waals surface area (Å²) in [6, 6.07) is 10.0. The first kappa shape index (κ1) is 22.0. The fourth-order valence-electron chi connectivity index (χ4n) is 3.16. The van der Waals surface area contributed by atoms with Crippen molar-refractivity contribution in [3.8, 4) is 5.75 Å². The molecule has 0 saturated heterocycles. The third-order valence-electron chi connectivity index (χ3n) is 4.60. The van der Waals surface area contributed by atoms with Crippen molar-refractivity contribution in [1.29, 1.82) is 0 Å². The Morgan fingerprint density at radius 1 is 1.10 bits per heavy atom. The Morgan fingerprint density at radius 3 is 2.70 bits per heavy atom. The van der Waals surface area contributed by atoms with Gasteiger partial charge >= 0.3 is 0 Å². The average Bonchev–Trinajstić information content (AvgIpc) is 2.70. The maximum absolute atomic E-state index is 6.07. The van der Waals surface area contributed by atoms with Crippen LogP contribution in [0.4, 0.5) is 5.95 Å². The molecule has 0 fully saturated rings. The van der Waals surface area contributed by atoms with E-state index in [9.17, 15) is 0 Å². The van der Waals surface area contributed by atoms with Gasteiger partial charge in [0.1, 0.15) is 10.8 Å². The third kappa shape index (κ3) is 6.39. The summed E-state index contributed by atoms with van der Waals surface area (Å²) < 4.78 is 11.9. The molecule has 1 aliphatic rings. The van der Waals surface area contributed by atoms with Gasteiger partial charge in [-0.2, -0.15) is 0 Å². The molecule has 0 unspecified atom stereocenters. The highest BCUT2D eigenvalue weighted by Gasteiger charge is 2.11. The fourth-order valence-corrected chi connectivity index (χ4v) is 4.03. The van der Waals surface area contributed by atoms with E-state index in [2.05, 4.69) is 23.0 Å². The molecule has 30 heavy (non-hydrogen) atoms. The first-order valence-corrected chi connectivity index (χ1v) is 11.1. The lowest BCUT2D eigenvalue weighted by Crippen LogP contribution is -2.01. The van der Waals surface area contributed by atoms with Gasteiger partial charge in [-0.25, -0.2) is 9.97 Å². The largest absolute Gasteiger partial charge is 0.498 e. The van der Waals surface area contributed by atoms with Crippen LogP contribution < -0.4 is 10.5 Å². The standard InChI is InChI=1S/C24H29N3O2S/c1-4-9-17(2)21-14-18(3)28-12-6-5-7-13-29-19-10-8-11-20(15-19)30-23-16-22(21)26-24(25)27-23/h4,8-11,14-16H,5-7,12-13H2,1-3H3,(H2,25,26,27)/b9-4-,18-14+,21-17+. The van der Waals surface area contributed by atoms with Crippen molar-refractivity contribution in [2.45, 2.75) is 50.0 Å². The van der Waals surface area contributed by atoms with E-state index in [1.807, 2.05) is 56.3 Å². The first-order valence-electron chi connectivity index (χ1n) is 10.3. The van der Waals surface area contributed by atoms with Crippen molar-refractivity contribution in [1.82, 2.24) is 9.97 Å². The Bertz CT molecular complexity index is 967. The maximum atomic E-state index is 6.07. The van der Waals surface area contributed by atoms with Crippen LogP contribution in [0.25, 0.3) is 5.57 Å². The van der Waals surface area contributed by atoms with E-state index < -0.39 is 0 Å². The van der Waals surface area contributed by atoms with Crippen LogP contribution in [0.1, 0.15) is 45.7 Å². The van der Waals surface area contributed by atoms with Gasteiger partial charge in [0.15, 0.2) is 0 Å². The van der Waals surface area contributed by atoms with Crippen LogP contribution in [0.5, 0.6) is 5.75 Å². The monoisotopic (exact) mass is 423 g/mol. The van der Waals surface area contributed by atoms with Gasteiger partial charge in [0.25, 0.3) is 0 Å². The van der Waals surface area contributed by atoms with Crippen LogP contribution in [-0.2, 0) is 4.74 Å². The quantitative estimate of drug-likeness (QED) is 0.564. The Balaban J connectivity index is 2.05. The molecule has 0 amide bonds. The molecule has 1 aromatic carbocycles. The molecule has 1 aromatic heterocycles. The minimum atomic E-state index is 0.248. The van der Waals surface area contributed by atoms with E-state index in [1.165, 1.54) is 0 Å². The molecule has 2 aromatic rings. The lowest BCUT2D eigenvalue weighted by molar-refractivity contribution is 0.203. The second-order valence-corrected chi connectivity index (χ2v) is 8.23. The highest BCUT2D eigenvalue weighted by molar-refractivity contribution is 7.99. The Kier molecular flexibility index (Phi) is 7.97. The lowest BCUT2D eigenvalue weighted by atomic mass is 10.0. The van der Waals surface area contributed by atoms with Crippen molar-refractivity contribution in [3.63, 3.8) is 0 Å². The van der Waals surface area contributed by atoms with Crippen molar-refractivity contribution < 1.29 is 9.47 Å². The number of hydrogen-bond donors (Lipinski definition) is 1. The van der Waals surface area contributed by atoms with Gasteiger partial charge in [-0.1, -0.05) is 30.0 Å².